The molecule has 174 valence electrons. The molecule has 35 heavy (non-hydrogen) atoms. The van der Waals surface area contributed by atoms with Gasteiger partial charge in [-0.3, -0.25) is 0 Å². The van der Waals surface area contributed by atoms with Gasteiger partial charge in [0.1, 0.15) is 0 Å². The van der Waals surface area contributed by atoms with Crippen molar-refractivity contribution in [2.45, 2.75) is 26.7 Å². The third kappa shape index (κ3) is 4.76. The highest BCUT2D eigenvalue weighted by molar-refractivity contribution is 5.80. The van der Waals surface area contributed by atoms with Crippen LogP contribution in [-0.4, -0.2) is 0 Å². The van der Waals surface area contributed by atoms with E-state index in [4.69, 9.17) is 0 Å². The van der Waals surface area contributed by atoms with E-state index in [1.807, 2.05) is 18.2 Å². The van der Waals surface area contributed by atoms with Crippen LogP contribution in [0.5, 0.6) is 0 Å². The van der Waals surface area contributed by atoms with Crippen molar-refractivity contribution in [3.63, 3.8) is 0 Å². The molecule has 1 aliphatic carbocycles. The van der Waals surface area contributed by atoms with E-state index in [1.165, 1.54) is 39.3 Å². The summed E-state index contributed by atoms with van der Waals surface area (Å²) < 4.78 is 0. The Labute approximate surface area is 210 Å². The van der Waals surface area contributed by atoms with E-state index in [9.17, 15) is 0 Å². The highest BCUT2D eigenvalue weighted by atomic mass is 15.1. The Hall–Kier alpha value is -4.10. The first-order chi connectivity index (χ1) is 16.7. The van der Waals surface area contributed by atoms with Crippen LogP contribution in [0, 0.1) is 0 Å². The summed E-state index contributed by atoms with van der Waals surface area (Å²) in [5, 5.41) is 0. The smallest absolute Gasteiger partial charge is 0.0461 e. The van der Waals surface area contributed by atoms with Gasteiger partial charge in [0, 0.05) is 22.5 Å². The standard InChI is InChI=1S/C18H15N.C15H14.CH4/c1-4-10-16(11-5-1)19(17-12-6-2-7-13-17)18-14-8-3-9-15-18;1-15(2)13-9-5-3-7-11(13)12-8-4-6-10-14(12)15;/h1-15H;3-10H,1-2H3;1H4. The molecule has 0 heterocycles. The first-order valence-corrected chi connectivity index (χ1v) is 11.8. The van der Waals surface area contributed by atoms with Crippen molar-refractivity contribution < 1.29 is 0 Å². The van der Waals surface area contributed by atoms with Gasteiger partial charge in [-0.25, -0.2) is 0 Å². The summed E-state index contributed by atoms with van der Waals surface area (Å²) in [6.07, 6.45) is 0. The van der Waals surface area contributed by atoms with E-state index < -0.39 is 0 Å². The number of benzene rings is 5. The van der Waals surface area contributed by atoms with Crippen LogP contribution in [0.2, 0.25) is 0 Å². The number of nitrogens with zero attached hydrogens (tertiary/aromatic N) is 1. The molecule has 0 aromatic heterocycles. The molecule has 0 N–H and O–H groups in total. The van der Waals surface area contributed by atoms with Crippen LogP contribution >= 0.6 is 0 Å². The molecule has 0 fully saturated rings. The Bertz CT molecular complexity index is 1210. The van der Waals surface area contributed by atoms with Gasteiger partial charge >= 0.3 is 0 Å². The monoisotopic (exact) mass is 455 g/mol. The number of anilines is 3. The quantitative estimate of drug-likeness (QED) is 0.262. The summed E-state index contributed by atoms with van der Waals surface area (Å²) in [6, 6.07) is 48.7. The fourth-order valence-electron chi connectivity index (χ4n) is 4.85. The molecule has 1 nitrogen and oxygen atoms in total. The first kappa shape index (κ1) is 24.0. The lowest BCUT2D eigenvalue weighted by Crippen LogP contribution is -2.14. The summed E-state index contributed by atoms with van der Waals surface area (Å²) in [7, 11) is 0. The molecule has 5 aromatic rings. The molecule has 6 rings (SSSR count). The first-order valence-electron chi connectivity index (χ1n) is 11.8. The molecule has 5 aromatic carbocycles. The zero-order valence-electron chi connectivity index (χ0n) is 19.7. The van der Waals surface area contributed by atoms with Crippen LogP contribution in [0.4, 0.5) is 17.1 Å². The predicted octanol–water partition coefficient (Wildman–Crippen LogP) is 9.79. The molecule has 1 heteroatoms. The lowest BCUT2D eigenvalue weighted by Gasteiger charge is -2.25. The summed E-state index contributed by atoms with van der Waals surface area (Å²) in [5.41, 5.74) is 9.36. The van der Waals surface area contributed by atoms with E-state index in [0.717, 1.165) is 0 Å². The van der Waals surface area contributed by atoms with Crippen LogP contribution in [0.1, 0.15) is 32.4 Å². The Morgan fingerprint density at radius 3 is 1.03 bits per heavy atom. The SMILES string of the molecule is C.CC1(C)c2ccccc2-c2ccccc21.c1ccc(N(c2ccccc2)c2ccccc2)cc1. The molecule has 0 saturated heterocycles. The van der Waals surface area contributed by atoms with Crippen molar-refractivity contribution >= 4 is 17.1 Å². The Morgan fingerprint density at radius 1 is 0.400 bits per heavy atom. The second-order valence-electron chi connectivity index (χ2n) is 9.06. The summed E-state index contributed by atoms with van der Waals surface area (Å²) in [5.74, 6) is 0. The van der Waals surface area contributed by atoms with Crippen molar-refractivity contribution in [3.05, 3.63) is 151 Å². The molecular weight excluding hydrogens is 422 g/mol. The maximum atomic E-state index is 2.30. The maximum absolute atomic E-state index is 2.30. The summed E-state index contributed by atoms with van der Waals surface area (Å²) in [6.45, 7) is 4.61. The minimum atomic E-state index is 0. The van der Waals surface area contributed by atoms with Gasteiger partial charge in [-0.05, 0) is 58.7 Å². The number of para-hydroxylation sites is 3. The molecule has 0 bridgehead atoms. The van der Waals surface area contributed by atoms with Crippen molar-refractivity contribution in [1.82, 2.24) is 0 Å². The minimum absolute atomic E-state index is 0. The van der Waals surface area contributed by atoms with E-state index in [-0.39, 0.29) is 12.8 Å². The van der Waals surface area contributed by atoms with E-state index in [1.54, 1.807) is 0 Å². The van der Waals surface area contributed by atoms with Gasteiger partial charge in [-0.2, -0.15) is 0 Å². The lowest BCUT2D eigenvalue weighted by molar-refractivity contribution is 0.660. The largest absolute Gasteiger partial charge is 0.311 e. The van der Waals surface area contributed by atoms with Gasteiger partial charge in [-0.15, -0.1) is 0 Å². The van der Waals surface area contributed by atoms with Crippen molar-refractivity contribution in [2.75, 3.05) is 4.90 Å². The lowest BCUT2D eigenvalue weighted by atomic mass is 9.82. The zero-order chi connectivity index (χ0) is 23.4. The molecule has 0 radical (unpaired) electrons. The molecule has 0 atom stereocenters. The summed E-state index contributed by atoms with van der Waals surface area (Å²) in [4.78, 5) is 2.25. The van der Waals surface area contributed by atoms with Crippen molar-refractivity contribution in [3.8, 4) is 11.1 Å². The van der Waals surface area contributed by atoms with E-state index in [2.05, 4.69) is 140 Å². The normalized spacial score (nSPS) is 12.3. The Kier molecular flexibility index (Phi) is 7.17. The number of fused-ring (bicyclic) bond motifs is 3. The Balaban J connectivity index is 0.000000164. The third-order valence-electron chi connectivity index (χ3n) is 6.53. The van der Waals surface area contributed by atoms with Gasteiger partial charge in [0.05, 0.1) is 0 Å². The average Bonchev–Trinajstić information content (AvgIpc) is 3.14. The second kappa shape index (κ2) is 10.4. The summed E-state index contributed by atoms with van der Waals surface area (Å²) >= 11 is 0. The molecule has 0 spiro atoms. The topological polar surface area (TPSA) is 3.24 Å². The second-order valence-corrected chi connectivity index (χ2v) is 9.06. The molecule has 0 unspecified atom stereocenters. The van der Waals surface area contributed by atoms with Gasteiger partial charge in [0.2, 0.25) is 0 Å². The third-order valence-corrected chi connectivity index (χ3v) is 6.53. The highest BCUT2D eigenvalue weighted by Gasteiger charge is 2.34. The van der Waals surface area contributed by atoms with Crippen LogP contribution < -0.4 is 4.90 Å². The molecule has 0 aliphatic heterocycles. The van der Waals surface area contributed by atoms with Gasteiger partial charge < -0.3 is 4.90 Å². The van der Waals surface area contributed by atoms with E-state index in [0.29, 0.717) is 0 Å². The fraction of sp³-hybridized carbons (Fsp3) is 0.118. The Morgan fingerprint density at radius 2 is 0.686 bits per heavy atom. The fourth-order valence-corrected chi connectivity index (χ4v) is 4.85. The van der Waals surface area contributed by atoms with Gasteiger partial charge in [0.25, 0.3) is 0 Å². The van der Waals surface area contributed by atoms with Crippen LogP contribution in [0.3, 0.4) is 0 Å². The van der Waals surface area contributed by atoms with Crippen molar-refractivity contribution in [1.29, 1.82) is 0 Å². The van der Waals surface area contributed by atoms with Crippen LogP contribution in [-0.2, 0) is 5.41 Å². The number of hydrogen-bond donors (Lipinski definition) is 0. The number of hydrogen-bond acceptors (Lipinski definition) is 1. The zero-order valence-corrected chi connectivity index (χ0v) is 19.7. The predicted molar refractivity (Wildman–Crippen MR) is 152 cm³/mol. The van der Waals surface area contributed by atoms with Crippen LogP contribution in [0.25, 0.3) is 11.1 Å². The minimum Gasteiger partial charge on any atom is -0.311 e. The molecule has 0 amide bonds. The van der Waals surface area contributed by atoms with E-state index >= 15 is 0 Å². The van der Waals surface area contributed by atoms with Crippen molar-refractivity contribution in [2.24, 2.45) is 0 Å². The maximum Gasteiger partial charge on any atom is 0.0461 e. The van der Waals surface area contributed by atoms with Gasteiger partial charge in [0.15, 0.2) is 0 Å². The number of rotatable bonds is 3. The molecular formula is C34H33N. The molecule has 0 saturated carbocycles. The molecule has 1 aliphatic rings. The van der Waals surface area contributed by atoms with Crippen LogP contribution in [0.15, 0.2) is 140 Å². The van der Waals surface area contributed by atoms with Gasteiger partial charge in [-0.1, -0.05) is 124 Å². The highest BCUT2D eigenvalue weighted by Crippen LogP contribution is 2.48. The average molecular weight is 456 g/mol.